The first-order chi connectivity index (χ1) is 8.63. The summed E-state index contributed by atoms with van der Waals surface area (Å²) in [6.07, 6.45) is 0. The molecule has 0 spiro atoms. The molecule has 6 nitrogen and oxygen atoms in total. The number of aromatic carboxylic acids is 1. The number of alkyl halides is 3. The maximum Gasteiger partial charge on any atom is 0.441 e. The van der Waals surface area contributed by atoms with Crippen molar-refractivity contribution in [2.75, 3.05) is 12.3 Å². The van der Waals surface area contributed by atoms with E-state index in [9.17, 15) is 26.4 Å². The Morgan fingerprint density at radius 1 is 1.53 bits per heavy atom. The van der Waals surface area contributed by atoms with Crippen molar-refractivity contribution in [1.82, 2.24) is 9.71 Å². The van der Waals surface area contributed by atoms with Crippen molar-refractivity contribution in [3.63, 3.8) is 0 Å². The molecular weight excluding hydrogens is 329 g/mol. The molecule has 0 aromatic carbocycles. The number of carboxylic acid groups (broad SMARTS) is 1. The second-order valence-corrected chi connectivity index (χ2v) is 6.96. The van der Waals surface area contributed by atoms with E-state index < -0.39 is 43.7 Å². The van der Waals surface area contributed by atoms with Crippen molar-refractivity contribution in [2.45, 2.75) is 9.72 Å². The van der Waals surface area contributed by atoms with Crippen LogP contribution in [0.2, 0.25) is 0 Å². The van der Waals surface area contributed by atoms with Crippen molar-refractivity contribution in [1.29, 1.82) is 0 Å². The normalized spacial score (nSPS) is 12.6. The van der Waals surface area contributed by atoms with Gasteiger partial charge in [0.25, 0.3) is 10.0 Å². The van der Waals surface area contributed by atoms with Crippen molar-refractivity contribution >= 4 is 39.1 Å². The van der Waals surface area contributed by atoms with Crippen molar-refractivity contribution in [2.24, 2.45) is 0 Å². The number of carbonyl (C=O) groups is 1. The highest BCUT2D eigenvalue weighted by molar-refractivity contribution is 8.00. The van der Waals surface area contributed by atoms with Gasteiger partial charge in [-0.2, -0.15) is 13.2 Å². The maximum atomic E-state index is 11.8. The molecule has 0 aliphatic carbocycles. The van der Waals surface area contributed by atoms with Crippen LogP contribution in [0.4, 0.5) is 13.2 Å². The summed E-state index contributed by atoms with van der Waals surface area (Å²) in [5.41, 5.74) is -4.06. The highest BCUT2D eigenvalue weighted by atomic mass is 32.2. The smallest absolute Gasteiger partial charge is 0.441 e. The third kappa shape index (κ3) is 4.97. The van der Waals surface area contributed by atoms with Crippen molar-refractivity contribution in [3.05, 3.63) is 11.2 Å². The predicted molar refractivity (Wildman–Crippen MR) is 62.8 cm³/mol. The van der Waals surface area contributed by atoms with Crippen LogP contribution in [0.5, 0.6) is 0 Å². The molecule has 0 unspecified atom stereocenters. The molecule has 0 aliphatic rings. The van der Waals surface area contributed by atoms with Crippen LogP contribution in [-0.2, 0) is 10.0 Å². The number of sulfonamides is 1. The summed E-state index contributed by atoms with van der Waals surface area (Å²) in [6.45, 7) is -0.469. The Hall–Kier alpha value is -0.850. The number of hydrogen-bond acceptors (Lipinski definition) is 6. The lowest BCUT2D eigenvalue weighted by Gasteiger charge is -2.07. The molecule has 1 aromatic rings. The number of hydrogen-bond donors (Lipinski definition) is 2. The van der Waals surface area contributed by atoms with Crippen LogP contribution in [0.15, 0.2) is 9.72 Å². The fourth-order valence-corrected chi connectivity index (χ4v) is 3.76. The van der Waals surface area contributed by atoms with Gasteiger partial charge in [-0.25, -0.2) is 22.9 Å². The first-order valence-electron chi connectivity index (χ1n) is 4.50. The molecule has 0 radical (unpaired) electrons. The fourth-order valence-electron chi connectivity index (χ4n) is 0.977. The number of aromatic nitrogens is 1. The Kier molecular flexibility index (Phi) is 5.18. The Bertz CT molecular complexity index is 554. The van der Waals surface area contributed by atoms with Gasteiger partial charge >= 0.3 is 11.5 Å². The van der Waals surface area contributed by atoms with Crippen LogP contribution >= 0.6 is 23.1 Å². The molecule has 1 heterocycles. The van der Waals surface area contributed by atoms with Crippen LogP contribution in [0.1, 0.15) is 10.5 Å². The molecule has 0 bridgehead atoms. The van der Waals surface area contributed by atoms with E-state index in [0.717, 1.165) is 5.51 Å². The van der Waals surface area contributed by atoms with Crippen LogP contribution in [-0.4, -0.2) is 42.3 Å². The number of thioether (sulfide) groups is 1. The van der Waals surface area contributed by atoms with Gasteiger partial charge in [0.15, 0.2) is 9.90 Å². The highest BCUT2D eigenvalue weighted by Gasteiger charge is 2.29. The van der Waals surface area contributed by atoms with E-state index in [-0.39, 0.29) is 11.8 Å². The van der Waals surface area contributed by atoms with Gasteiger partial charge in [0.2, 0.25) is 0 Å². The number of rotatable bonds is 6. The molecule has 0 fully saturated rings. The molecule has 19 heavy (non-hydrogen) atoms. The molecule has 1 aromatic heterocycles. The molecule has 1 rings (SSSR count). The van der Waals surface area contributed by atoms with Gasteiger partial charge in [-0.05, 0) is 11.8 Å². The van der Waals surface area contributed by atoms with Gasteiger partial charge in [-0.1, -0.05) is 0 Å². The largest absolute Gasteiger partial charge is 0.476 e. The van der Waals surface area contributed by atoms with Gasteiger partial charge in [0.05, 0.1) is 5.51 Å². The minimum Gasteiger partial charge on any atom is -0.476 e. The lowest BCUT2D eigenvalue weighted by atomic mass is 10.5. The highest BCUT2D eigenvalue weighted by Crippen LogP contribution is 2.29. The maximum absolute atomic E-state index is 11.8. The molecule has 0 aliphatic heterocycles. The topological polar surface area (TPSA) is 96.4 Å². The fraction of sp³-hybridized carbons (Fsp3) is 0.429. The van der Waals surface area contributed by atoms with Crippen LogP contribution in [0.3, 0.4) is 0 Å². The molecular formula is C7H7F3N2O4S3. The zero-order chi connectivity index (χ0) is 14.7. The summed E-state index contributed by atoms with van der Waals surface area (Å²) in [5, 5.41) is 8.70. The number of nitrogens with zero attached hydrogens (tertiary/aromatic N) is 1. The summed E-state index contributed by atoms with van der Waals surface area (Å²) < 4.78 is 60.1. The van der Waals surface area contributed by atoms with E-state index >= 15 is 0 Å². The van der Waals surface area contributed by atoms with E-state index in [2.05, 4.69) is 4.98 Å². The molecule has 0 saturated heterocycles. The first kappa shape index (κ1) is 16.2. The minimum absolute atomic E-state index is 0.373. The summed E-state index contributed by atoms with van der Waals surface area (Å²) in [6, 6.07) is 0. The van der Waals surface area contributed by atoms with Crippen molar-refractivity contribution in [3.8, 4) is 0 Å². The monoisotopic (exact) mass is 336 g/mol. The second-order valence-electron chi connectivity index (χ2n) is 2.99. The molecule has 2 N–H and O–H groups in total. The van der Waals surface area contributed by atoms with Crippen LogP contribution < -0.4 is 4.72 Å². The van der Waals surface area contributed by atoms with Gasteiger partial charge in [-0.3, -0.25) is 0 Å². The number of carboxylic acids is 1. The Morgan fingerprint density at radius 3 is 2.68 bits per heavy atom. The third-order valence-electron chi connectivity index (χ3n) is 1.64. The van der Waals surface area contributed by atoms with Crippen molar-refractivity contribution < 1.29 is 31.5 Å². The lowest BCUT2D eigenvalue weighted by Crippen LogP contribution is -2.27. The van der Waals surface area contributed by atoms with Crippen LogP contribution in [0.25, 0.3) is 0 Å². The Morgan fingerprint density at radius 2 is 2.16 bits per heavy atom. The van der Waals surface area contributed by atoms with Gasteiger partial charge < -0.3 is 5.11 Å². The van der Waals surface area contributed by atoms with Gasteiger partial charge in [0.1, 0.15) is 0 Å². The standard InChI is InChI=1S/C7H7F3N2O4S3/c8-7(9,10)18-2-1-12-19(15,16)6-4(5(13)14)11-3-17-6/h3,12H,1-2H2,(H,13,14). The average molecular weight is 336 g/mol. The summed E-state index contributed by atoms with van der Waals surface area (Å²) >= 11 is 0.203. The number of halogens is 3. The molecule has 0 atom stereocenters. The Labute approximate surface area is 114 Å². The van der Waals surface area contributed by atoms with Gasteiger partial charge in [-0.15, -0.1) is 11.3 Å². The average Bonchev–Trinajstić information content (AvgIpc) is 2.72. The summed E-state index contributed by atoms with van der Waals surface area (Å²) in [7, 11) is -4.17. The predicted octanol–water partition coefficient (Wildman–Crippen LogP) is 1.37. The summed E-state index contributed by atoms with van der Waals surface area (Å²) in [4.78, 5) is 14.1. The molecule has 12 heteroatoms. The van der Waals surface area contributed by atoms with E-state index in [1.807, 2.05) is 4.72 Å². The lowest BCUT2D eigenvalue weighted by molar-refractivity contribution is -0.0327. The zero-order valence-electron chi connectivity index (χ0n) is 8.97. The van der Waals surface area contributed by atoms with E-state index in [0.29, 0.717) is 11.3 Å². The molecule has 0 amide bonds. The van der Waals surface area contributed by atoms with Crippen LogP contribution in [0, 0.1) is 0 Å². The number of thiazole rings is 1. The Balaban J connectivity index is 2.67. The molecule has 108 valence electrons. The van der Waals surface area contributed by atoms with E-state index in [1.165, 1.54) is 0 Å². The number of nitrogens with one attached hydrogen (secondary N) is 1. The zero-order valence-corrected chi connectivity index (χ0v) is 11.4. The van der Waals surface area contributed by atoms with E-state index in [4.69, 9.17) is 5.11 Å². The summed E-state index contributed by atoms with van der Waals surface area (Å²) in [5.74, 6) is -2.03. The van der Waals surface area contributed by atoms with Gasteiger partial charge in [0, 0.05) is 12.3 Å². The molecule has 0 saturated carbocycles. The minimum atomic E-state index is -4.44. The third-order valence-corrected chi connectivity index (χ3v) is 5.21. The SMILES string of the molecule is O=C(O)c1ncsc1S(=O)(=O)NCCSC(F)(F)F. The second kappa shape index (κ2) is 6.07. The first-order valence-corrected chi connectivity index (χ1v) is 7.85. The van der Waals surface area contributed by atoms with E-state index in [1.54, 1.807) is 0 Å². The quantitative estimate of drug-likeness (QED) is 0.762.